The molecule has 3 rings (SSSR count). The summed E-state index contributed by atoms with van der Waals surface area (Å²) < 4.78 is 0. The number of thiazole rings is 1. The van der Waals surface area contributed by atoms with E-state index >= 15 is 0 Å². The second-order valence-corrected chi connectivity index (χ2v) is 4.36. The maximum atomic E-state index is 6.20. The molecule has 3 aromatic rings. The van der Waals surface area contributed by atoms with Crippen LogP contribution in [-0.2, 0) is 0 Å². The van der Waals surface area contributed by atoms with Crippen LogP contribution in [0.4, 0.5) is 0 Å². The summed E-state index contributed by atoms with van der Waals surface area (Å²) in [6.07, 6.45) is 1.91. The quantitative estimate of drug-likeness (QED) is 0.679. The molecule has 0 fully saturated rings. The number of nitrogens with one attached hydrogen (secondary N) is 1. The highest BCUT2D eigenvalue weighted by molar-refractivity contribution is 7.07. The molecule has 0 aliphatic heterocycles. The Morgan fingerprint density at radius 2 is 2.20 bits per heavy atom. The summed E-state index contributed by atoms with van der Waals surface area (Å²) in [4.78, 5) is 7.49. The van der Waals surface area contributed by atoms with Crippen LogP contribution in [0.5, 0.6) is 0 Å². The molecule has 1 aromatic carbocycles. The fraction of sp³-hybridized carbons (Fsp3) is 0. The smallest absolute Gasteiger partial charge is 0.0847 e. The van der Waals surface area contributed by atoms with Crippen LogP contribution in [0.15, 0.2) is 35.3 Å². The fourth-order valence-corrected chi connectivity index (χ4v) is 2.49. The normalized spacial score (nSPS) is 11.0. The first-order valence-corrected chi connectivity index (χ1v) is 5.82. The molecule has 2 nitrogen and oxygen atoms in total. The van der Waals surface area contributed by atoms with E-state index < -0.39 is 0 Å². The largest absolute Gasteiger partial charge is 0.361 e. The fourth-order valence-electron chi connectivity index (χ4n) is 1.69. The lowest BCUT2D eigenvalue weighted by molar-refractivity contribution is 1.40. The summed E-state index contributed by atoms with van der Waals surface area (Å²) >= 11 is 7.77. The first-order valence-electron chi connectivity index (χ1n) is 4.50. The van der Waals surface area contributed by atoms with Gasteiger partial charge in [-0.25, -0.2) is 4.98 Å². The lowest BCUT2D eigenvalue weighted by atomic mass is 10.1. The van der Waals surface area contributed by atoms with Crippen LogP contribution in [0, 0.1) is 0 Å². The summed E-state index contributed by atoms with van der Waals surface area (Å²) in [5, 5.41) is 3.89. The number of hydrogen-bond donors (Lipinski definition) is 1. The van der Waals surface area contributed by atoms with E-state index in [1.807, 2.05) is 35.3 Å². The van der Waals surface area contributed by atoms with E-state index in [0.29, 0.717) is 0 Å². The topological polar surface area (TPSA) is 28.7 Å². The maximum Gasteiger partial charge on any atom is 0.0847 e. The second kappa shape index (κ2) is 3.36. The summed E-state index contributed by atoms with van der Waals surface area (Å²) in [7, 11) is 0. The summed E-state index contributed by atoms with van der Waals surface area (Å²) in [6, 6.07) is 5.94. The predicted molar refractivity (Wildman–Crippen MR) is 64.4 cm³/mol. The van der Waals surface area contributed by atoms with Crippen LogP contribution in [0.25, 0.3) is 22.2 Å². The highest BCUT2D eigenvalue weighted by atomic mass is 35.5. The Morgan fingerprint density at radius 1 is 1.27 bits per heavy atom. The Balaban J connectivity index is 2.41. The van der Waals surface area contributed by atoms with Crippen molar-refractivity contribution in [3.63, 3.8) is 0 Å². The summed E-state index contributed by atoms with van der Waals surface area (Å²) in [5.41, 5.74) is 4.78. The predicted octanol–water partition coefficient (Wildman–Crippen LogP) is 3.94. The number of benzene rings is 1. The van der Waals surface area contributed by atoms with E-state index in [1.54, 1.807) is 11.3 Å². The van der Waals surface area contributed by atoms with Crippen LogP contribution in [0.1, 0.15) is 0 Å². The zero-order valence-corrected chi connectivity index (χ0v) is 9.27. The first kappa shape index (κ1) is 8.95. The molecule has 4 heteroatoms. The molecule has 0 amide bonds. The van der Waals surface area contributed by atoms with Crippen molar-refractivity contribution in [2.75, 3.05) is 0 Å². The molecular weight excluding hydrogens is 228 g/mol. The molecule has 0 saturated heterocycles. The average Bonchev–Trinajstić information content (AvgIpc) is 2.85. The van der Waals surface area contributed by atoms with E-state index in [9.17, 15) is 0 Å². The van der Waals surface area contributed by atoms with Crippen LogP contribution < -0.4 is 0 Å². The van der Waals surface area contributed by atoms with E-state index in [0.717, 1.165) is 27.2 Å². The number of aromatic nitrogens is 2. The molecule has 0 spiro atoms. The van der Waals surface area contributed by atoms with Gasteiger partial charge in [-0.3, -0.25) is 0 Å². The van der Waals surface area contributed by atoms with Crippen molar-refractivity contribution in [2.45, 2.75) is 0 Å². The maximum absolute atomic E-state index is 6.20. The Bertz CT molecular complexity index is 598. The minimum absolute atomic E-state index is 0.732. The number of H-pyrrole nitrogens is 1. The van der Waals surface area contributed by atoms with Gasteiger partial charge < -0.3 is 4.98 Å². The van der Waals surface area contributed by atoms with Gasteiger partial charge in [-0.2, -0.15) is 0 Å². The number of hydrogen-bond acceptors (Lipinski definition) is 2. The van der Waals surface area contributed by atoms with Crippen LogP contribution >= 0.6 is 22.9 Å². The zero-order chi connectivity index (χ0) is 10.3. The lowest BCUT2D eigenvalue weighted by Gasteiger charge is -2.02. The van der Waals surface area contributed by atoms with Gasteiger partial charge in [0.2, 0.25) is 0 Å². The van der Waals surface area contributed by atoms with Crippen LogP contribution in [0.3, 0.4) is 0 Å². The third-order valence-corrected chi connectivity index (χ3v) is 3.27. The van der Waals surface area contributed by atoms with Gasteiger partial charge in [0.1, 0.15) is 0 Å². The van der Waals surface area contributed by atoms with Gasteiger partial charge in [0.05, 0.1) is 21.7 Å². The average molecular weight is 235 g/mol. The Kier molecular flexibility index (Phi) is 2.01. The van der Waals surface area contributed by atoms with Gasteiger partial charge in [0.25, 0.3) is 0 Å². The van der Waals surface area contributed by atoms with Gasteiger partial charge in [-0.1, -0.05) is 17.7 Å². The van der Waals surface area contributed by atoms with Crippen molar-refractivity contribution in [3.05, 3.63) is 40.3 Å². The summed E-state index contributed by atoms with van der Waals surface area (Å²) in [5.74, 6) is 0. The molecule has 2 aromatic heterocycles. The Hall–Kier alpha value is -1.32. The van der Waals surface area contributed by atoms with Gasteiger partial charge in [0, 0.05) is 22.5 Å². The molecular formula is C11H7ClN2S. The molecule has 0 aliphatic carbocycles. The SMILES string of the molecule is Clc1ccc2cc[nH]c2c1-c1cscn1. The van der Waals surface area contributed by atoms with Gasteiger partial charge in [0.15, 0.2) is 0 Å². The molecule has 2 heterocycles. The van der Waals surface area contributed by atoms with E-state index in [4.69, 9.17) is 11.6 Å². The minimum atomic E-state index is 0.732. The van der Waals surface area contributed by atoms with Gasteiger partial charge in [-0.15, -0.1) is 11.3 Å². The number of rotatable bonds is 1. The zero-order valence-electron chi connectivity index (χ0n) is 7.70. The first-order chi connectivity index (χ1) is 7.36. The van der Waals surface area contributed by atoms with Crippen molar-refractivity contribution in [3.8, 4) is 11.3 Å². The van der Waals surface area contributed by atoms with E-state index in [2.05, 4.69) is 9.97 Å². The molecule has 0 unspecified atom stereocenters. The second-order valence-electron chi connectivity index (χ2n) is 3.24. The molecule has 15 heavy (non-hydrogen) atoms. The molecule has 74 valence electrons. The molecule has 0 atom stereocenters. The van der Waals surface area contributed by atoms with Crippen molar-refractivity contribution in [2.24, 2.45) is 0 Å². The molecule has 1 N–H and O–H groups in total. The van der Waals surface area contributed by atoms with E-state index in [1.165, 1.54) is 0 Å². The monoisotopic (exact) mass is 234 g/mol. The number of aromatic amines is 1. The third-order valence-electron chi connectivity index (χ3n) is 2.37. The Labute approximate surface area is 95.5 Å². The standard InChI is InChI=1S/C11H7ClN2S/c12-8-2-1-7-3-4-13-11(7)10(8)9-5-15-6-14-9/h1-6,13H. The lowest BCUT2D eigenvalue weighted by Crippen LogP contribution is -1.81. The van der Waals surface area contributed by atoms with Crippen molar-refractivity contribution in [1.82, 2.24) is 9.97 Å². The molecule has 0 bridgehead atoms. The number of halogens is 1. The van der Waals surface area contributed by atoms with Crippen molar-refractivity contribution in [1.29, 1.82) is 0 Å². The van der Waals surface area contributed by atoms with Crippen LogP contribution in [-0.4, -0.2) is 9.97 Å². The van der Waals surface area contributed by atoms with Crippen LogP contribution in [0.2, 0.25) is 5.02 Å². The minimum Gasteiger partial charge on any atom is -0.361 e. The van der Waals surface area contributed by atoms with Crippen molar-refractivity contribution < 1.29 is 0 Å². The third kappa shape index (κ3) is 1.35. The van der Waals surface area contributed by atoms with Gasteiger partial charge >= 0.3 is 0 Å². The van der Waals surface area contributed by atoms with E-state index in [-0.39, 0.29) is 0 Å². The highest BCUT2D eigenvalue weighted by Gasteiger charge is 2.10. The molecule has 0 saturated carbocycles. The Morgan fingerprint density at radius 3 is 3.00 bits per heavy atom. The molecule has 0 aliphatic rings. The van der Waals surface area contributed by atoms with Crippen molar-refractivity contribution >= 4 is 33.8 Å². The number of nitrogens with zero attached hydrogens (tertiary/aromatic N) is 1. The summed E-state index contributed by atoms with van der Waals surface area (Å²) in [6.45, 7) is 0. The highest BCUT2D eigenvalue weighted by Crippen LogP contribution is 2.33. The van der Waals surface area contributed by atoms with Gasteiger partial charge in [-0.05, 0) is 12.1 Å². The number of fused-ring (bicyclic) bond motifs is 1. The molecule has 0 radical (unpaired) electrons.